The second-order valence-electron chi connectivity index (χ2n) is 3.33. The highest BCUT2D eigenvalue weighted by Crippen LogP contribution is 2.19. The molecule has 1 nitrogen and oxygen atoms in total. The summed E-state index contributed by atoms with van der Waals surface area (Å²) in [4.78, 5) is 2.13. The fourth-order valence-electron chi connectivity index (χ4n) is 1.31. The van der Waals surface area contributed by atoms with Gasteiger partial charge in [0, 0.05) is 25.1 Å². The van der Waals surface area contributed by atoms with Crippen molar-refractivity contribution in [1.29, 1.82) is 0 Å². The van der Waals surface area contributed by atoms with E-state index in [1.165, 1.54) is 11.3 Å². The van der Waals surface area contributed by atoms with Crippen molar-refractivity contribution in [3.8, 4) is 0 Å². The number of halogens is 1. The molecule has 0 unspecified atom stereocenters. The zero-order chi connectivity index (χ0) is 10.4. The molecular weight excluding hydrogens is 238 g/mol. The molecule has 0 aromatic heterocycles. The number of para-hydroxylation sites is 1. The zero-order valence-electron chi connectivity index (χ0n) is 8.70. The van der Waals surface area contributed by atoms with E-state index in [2.05, 4.69) is 71.3 Å². The summed E-state index contributed by atoms with van der Waals surface area (Å²) in [7, 11) is 4.13. The number of allylic oxidation sites excluding steroid dienone is 1. The molecule has 0 N–H and O–H groups in total. The molecule has 0 atom stereocenters. The summed E-state index contributed by atoms with van der Waals surface area (Å²) >= 11 is 3.41. The molecule has 0 heterocycles. The average molecular weight is 254 g/mol. The van der Waals surface area contributed by atoms with Crippen molar-refractivity contribution in [2.45, 2.75) is 6.42 Å². The number of benzene rings is 1. The van der Waals surface area contributed by atoms with Gasteiger partial charge in [0.2, 0.25) is 0 Å². The third-order valence-corrected chi connectivity index (χ3v) is 2.45. The average Bonchev–Trinajstić information content (AvgIpc) is 2.19. The number of anilines is 1. The third-order valence-electron chi connectivity index (χ3n) is 1.99. The Hall–Kier alpha value is -0.760. The van der Waals surface area contributed by atoms with Crippen molar-refractivity contribution in [3.63, 3.8) is 0 Å². The van der Waals surface area contributed by atoms with Crippen LogP contribution < -0.4 is 4.90 Å². The summed E-state index contributed by atoms with van der Waals surface area (Å²) < 4.78 is 0. The second kappa shape index (κ2) is 5.86. The van der Waals surface area contributed by atoms with Crippen molar-refractivity contribution in [2.75, 3.05) is 24.3 Å². The molecule has 1 aromatic rings. The highest BCUT2D eigenvalue weighted by atomic mass is 79.9. The maximum absolute atomic E-state index is 3.41. The summed E-state index contributed by atoms with van der Waals surface area (Å²) in [6.45, 7) is 0. The standard InChI is InChI=1S/C12H16BrN/c1-14(2)12-9-4-3-7-11(12)8-5-6-10-13/h3-5,7-9H,6,10H2,1-2H3. The maximum atomic E-state index is 3.41. The summed E-state index contributed by atoms with van der Waals surface area (Å²) in [5.74, 6) is 0. The maximum Gasteiger partial charge on any atom is 0.0434 e. The van der Waals surface area contributed by atoms with Gasteiger partial charge in [-0.25, -0.2) is 0 Å². The molecule has 0 bridgehead atoms. The van der Waals surface area contributed by atoms with Gasteiger partial charge in [0.1, 0.15) is 0 Å². The van der Waals surface area contributed by atoms with Gasteiger partial charge >= 0.3 is 0 Å². The van der Waals surface area contributed by atoms with Gasteiger partial charge in [0.25, 0.3) is 0 Å². The van der Waals surface area contributed by atoms with Crippen LogP contribution in [0.1, 0.15) is 12.0 Å². The van der Waals surface area contributed by atoms with Crippen LogP contribution in [0.25, 0.3) is 6.08 Å². The first kappa shape index (κ1) is 11.3. The van der Waals surface area contributed by atoms with Gasteiger partial charge in [-0.1, -0.05) is 46.3 Å². The van der Waals surface area contributed by atoms with E-state index in [0.29, 0.717) is 0 Å². The van der Waals surface area contributed by atoms with E-state index in [1.54, 1.807) is 0 Å². The number of hydrogen-bond acceptors (Lipinski definition) is 1. The number of rotatable bonds is 4. The molecule has 0 aliphatic heterocycles. The highest BCUT2D eigenvalue weighted by Gasteiger charge is 1.98. The molecule has 1 aromatic carbocycles. The van der Waals surface area contributed by atoms with Crippen molar-refractivity contribution in [2.24, 2.45) is 0 Å². The first-order valence-corrected chi connectivity index (χ1v) is 5.86. The van der Waals surface area contributed by atoms with E-state index >= 15 is 0 Å². The second-order valence-corrected chi connectivity index (χ2v) is 4.13. The van der Waals surface area contributed by atoms with E-state index < -0.39 is 0 Å². The van der Waals surface area contributed by atoms with Crippen LogP contribution in [0.4, 0.5) is 5.69 Å². The van der Waals surface area contributed by atoms with Crippen molar-refractivity contribution < 1.29 is 0 Å². The van der Waals surface area contributed by atoms with Crippen molar-refractivity contribution in [1.82, 2.24) is 0 Å². The summed E-state index contributed by atoms with van der Waals surface area (Å²) in [6, 6.07) is 8.41. The normalized spacial score (nSPS) is 10.8. The lowest BCUT2D eigenvalue weighted by molar-refractivity contribution is 1.13. The lowest BCUT2D eigenvalue weighted by Crippen LogP contribution is -2.09. The van der Waals surface area contributed by atoms with Gasteiger partial charge in [-0.15, -0.1) is 0 Å². The fraction of sp³-hybridized carbons (Fsp3) is 0.333. The predicted octanol–water partition coefficient (Wildman–Crippen LogP) is 3.55. The number of hydrogen-bond donors (Lipinski definition) is 0. The molecule has 0 aliphatic carbocycles. The lowest BCUT2D eigenvalue weighted by Gasteiger charge is -2.15. The molecule has 0 spiro atoms. The predicted molar refractivity (Wildman–Crippen MR) is 68.2 cm³/mol. The van der Waals surface area contributed by atoms with Crippen LogP contribution >= 0.6 is 15.9 Å². The Bertz CT molecular complexity index is 305. The number of nitrogens with zero attached hydrogens (tertiary/aromatic N) is 1. The van der Waals surface area contributed by atoms with Gasteiger partial charge in [-0.05, 0) is 18.1 Å². The molecule has 14 heavy (non-hydrogen) atoms. The van der Waals surface area contributed by atoms with Crippen LogP contribution in [0.2, 0.25) is 0 Å². The molecule has 2 heteroatoms. The minimum atomic E-state index is 1.02. The van der Waals surface area contributed by atoms with Crippen molar-refractivity contribution in [3.05, 3.63) is 35.9 Å². The van der Waals surface area contributed by atoms with Crippen molar-refractivity contribution >= 4 is 27.7 Å². The third kappa shape index (κ3) is 3.18. The Kier molecular flexibility index (Phi) is 4.74. The Labute approximate surface area is 94.6 Å². The molecule has 0 amide bonds. The van der Waals surface area contributed by atoms with Gasteiger partial charge in [-0.2, -0.15) is 0 Å². The van der Waals surface area contributed by atoms with Crippen LogP contribution in [0.5, 0.6) is 0 Å². The topological polar surface area (TPSA) is 3.24 Å². The Morgan fingerprint density at radius 1 is 1.29 bits per heavy atom. The largest absolute Gasteiger partial charge is 0.377 e. The monoisotopic (exact) mass is 253 g/mol. The van der Waals surface area contributed by atoms with Gasteiger partial charge in [0.05, 0.1) is 0 Å². The van der Waals surface area contributed by atoms with E-state index in [0.717, 1.165) is 11.8 Å². The van der Waals surface area contributed by atoms with Crippen LogP contribution in [0.3, 0.4) is 0 Å². The molecule has 0 radical (unpaired) electrons. The van der Waals surface area contributed by atoms with Crippen LogP contribution in [-0.2, 0) is 0 Å². The minimum Gasteiger partial charge on any atom is -0.377 e. The fourth-order valence-corrected chi connectivity index (χ4v) is 1.57. The van der Waals surface area contributed by atoms with E-state index in [-0.39, 0.29) is 0 Å². The molecular formula is C12H16BrN. The van der Waals surface area contributed by atoms with Crippen LogP contribution in [0, 0.1) is 0 Å². The highest BCUT2D eigenvalue weighted by molar-refractivity contribution is 9.09. The van der Waals surface area contributed by atoms with Gasteiger partial charge < -0.3 is 4.90 Å². The lowest BCUT2D eigenvalue weighted by atomic mass is 10.1. The minimum absolute atomic E-state index is 1.02. The first-order valence-electron chi connectivity index (χ1n) is 4.74. The Morgan fingerprint density at radius 3 is 2.64 bits per heavy atom. The molecule has 76 valence electrons. The summed E-state index contributed by atoms with van der Waals surface area (Å²) in [5, 5.41) is 1.02. The molecule has 1 rings (SSSR count). The Morgan fingerprint density at radius 2 is 2.00 bits per heavy atom. The smallest absolute Gasteiger partial charge is 0.0434 e. The zero-order valence-corrected chi connectivity index (χ0v) is 10.3. The first-order chi connectivity index (χ1) is 6.75. The molecule has 0 aliphatic rings. The van der Waals surface area contributed by atoms with E-state index in [9.17, 15) is 0 Å². The van der Waals surface area contributed by atoms with Crippen LogP contribution in [0.15, 0.2) is 30.3 Å². The van der Waals surface area contributed by atoms with E-state index in [1.807, 2.05) is 0 Å². The SMILES string of the molecule is CN(C)c1ccccc1C=CCCBr. The quantitative estimate of drug-likeness (QED) is 0.743. The summed E-state index contributed by atoms with van der Waals surface area (Å²) in [5.41, 5.74) is 2.54. The van der Waals surface area contributed by atoms with E-state index in [4.69, 9.17) is 0 Å². The molecule has 0 fully saturated rings. The summed E-state index contributed by atoms with van der Waals surface area (Å²) in [6.07, 6.45) is 5.44. The number of alkyl halides is 1. The Balaban J connectivity index is 2.84. The van der Waals surface area contributed by atoms with Crippen LogP contribution in [-0.4, -0.2) is 19.4 Å². The van der Waals surface area contributed by atoms with Gasteiger partial charge in [-0.3, -0.25) is 0 Å². The molecule has 0 saturated heterocycles. The molecule has 0 saturated carbocycles. The van der Waals surface area contributed by atoms with Gasteiger partial charge in [0.15, 0.2) is 0 Å².